The highest BCUT2D eigenvalue weighted by Gasteiger charge is 2.34. The molecule has 0 heterocycles. The number of hydrogen-bond acceptors (Lipinski definition) is 6. The van der Waals surface area contributed by atoms with Gasteiger partial charge < -0.3 is 30.3 Å². The Morgan fingerprint density at radius 2 is 1.50 bits per heavy atom. The molecule has 1 unspecified atom stereocenters. The summed E-state index contributed by atoms with van der Waals surface area (Å²) in [4.78, 5) is 0. The summed E-state index contributed by atoms with van der Waals surface area (Å²) in [7, 11) is 0. The Balaban J connectivity index is 4.47. The molecule has 0 saturated carbocycles. The molecule has 110 valence electrons. The van der Waals surface area contributed by atoms with Crippen LogP contribution in [0.25, 0.3) is 0 Å². The molecule has 0 aromatic carbocycles. The fourth-order valence-electron chi connectivity index (χ4n) is 1.66. The molecule has 0 fully saturated rings. The summed E-state index contributed by atoms with van der Waals surface area (Å²) in [6, 6.07) is 0. The summed E-state index contributed by atoms with van der Waals surface area (Å²) in [6.07, 6.45) is -4.45. The van der Waals surface area contributed by atoms with Crippen LogP contribution in [0, 0.1) is 0 Å². The van der Waals surface area contributed by atoms with Gasteiger partial charge >= 0.3 is 0 Å². The molecule has 0 rings (SSSR count). The quantitative estimate of drug-likeness (QED) is 0.347. The van der Waals surface area contributed by atoms with E-state index in [1.807, 2.05) is 13.8 Å². The van der Waals surface area contributed by atoms with E-state index in [2.05, 4.69) is 0 Å². The Morgan fingerprint density at radius 3 is 1.94 bits per heavy atom. The Bertz CT molecular complexity index is 199. The van der Waals surface area contributed by atoms with Crippen LogP contribution in [-0.4, -0.2) is 69.3 Å². The molecule has 0 aliphatic heterocycles. The summed E-state index contributed by atoms with van der Waals surface area (Å²) in [5.41, 5.74) is 0. The van der Waals surface area contributed by atoms with E-state index in [1.165, 1.54) is 0 Å². The summed E-state index contributed by atoms with van der Waals surface area (Å²) >= 11 is 0. The van der Waals surface area contributed by atoms with Crippen LogP contribution in [0.3, 0.4) is 0 Å². The van der Waals surface area contributed by atoms with Crippen molar-refractivity contribution in [1.29, 1.82) is 0 Å². The van der Waals surface area contributed by atoms with Gasteiger partial charge in [0.2, 0.25) is 0 Å². The topological polar surface area (TPSA) is 110 Å². The second-order valence-corrected chi connectivity index (χ2v) is 4.42. The van der Waals surface area contributed by atoms with Gasteiger partial charge in [0.1, 0.15) is 24.4 Å². The molecule has 0 amide bonds. The smallest absolute Gasteiger partial charge is 0.111 e. The molecule has 0 bridgehead atoms. The van der Waals surface area contributed by atoms with Crippen molar-refractivity contribution in [3.05, 3.63) is 0 Å². The molecular weight excluding hydrogens is 240 g/mol. The van der Waals surface area contributed by atoms with Crippen LogP contribution in [-0.2, 0) is 4.74 Å². The van der Waals surface area contributed by atoms with Crippen molar-refractivity contribution >= 4 is 0 Å². The molecule has 5 atom stereocenters. The minimum Gasteiger partial charge on any atom is -0.394 e. The van der Waals surface area contributed by atoms with Gasteiger partial charge in [0, 0.05) is 6.61 Å². The average molecular weight is 266 g/mol. The third-order valence-corrected chi connectivity index (χ3v) is 2.77. The molecule has 0 spiro atoms. The van der Waals surface area contributed by atoms with E-state index in [0.29, 0.717) is 13.0 Å². The maximum Gasteiger partial charge on any atom is 0.111 e. The molecule has 0 aromatic rings. The fourth-order valence-corrected chi connectivity index (χ4v) is 1.66. The molecule has 6 heteroatoms. The van der Waals surface area contributed by atoms with Crippen molar-refractivity contribution in [2.45, 2.75) is 63.6 Å². The SMILES string of the molecule is CCCOC(CCC)[C@H](O)[C@@H](O)[C@H](O)[C@H](O)CO. The average Bonchev–Trinajstić information content (AvgIpc) is 2.39. The number of hydrogen-bond donors (Lipinski definition) is 5. The maximum absolute atomic E-state index is 9.92. The normalized spacial score (nSPS) is 20.2. The van der Waals surface area contributed by atoms with Crippen LogP contribution in [0.1, 0.15) is 33.1 Å². The zero-order valence-electron chi connectivity index (χ0n) is 11.1. The van der Waals surface area contributed by atoms with Crippen molar-refractivity contribution < 1.29 is 30.3 Å². The first-order valence-electron chi connectivity index (χ1n) is 6.44. The van der Waals surface area contributed by atoms with Crippen LogP contribution in [0.15, 0.2) is 0 Å². The van der Waals surface area contributed by atoms with Gasteiger partial charge in [-0.1, -0.05) is 20.3 Å². The first-order chi connectivity index (χ1) is 8.49. The van der Waals surface area contributed by atoms with Crippen molar-refractivity contribution in [2.24, 2.45) is 0 Å². The van der Waals surface area contributed by atoms with Crippen LogP contribution in [0.2, 0.25) is 0 Å². The first-order valence-corrected chi connectivity index (χ1v) is 6.44. The molecule has 0 aromatic heterocycles. The van der Waals surface area contributed by atoms with E-state index >= 15 is 0 Å². The number of aliphatic hydroxyl groups is 5. The number of rotatable bonds is 10. The molecule has 0 aliphatic carbocycles. The van der Waals surface area contributed by atoms with E-state index in [0.717, 1.165) is 12.8 Å². The lowest BCUT2D eigenvalue weighted by Gasteiger charge is -2.30. The van der Waals surface area contributed by atoms with Crippen molar-refractivity contribution in [3.63, 3.8) is 0 Å². The molecular formula is C12H26O6. The highest BCUT2D eigenvalue weighted by molar-refractivity contribution is 4.85. The van der Waals surface area contributed by atoms with E-state index < -0.39 is 37.1 Å². The maximum atomic E-state index is 9.92. The van der Waals surface area contributed by atoms with Gasteiger partial charge in [-0.2, -0.15) is 0 Å². The lowest BCUT2D eigenvalue weighted by Crippen LogP contribution is -2.50. The number of ether oxygens (including phenoxy) is 1. The van der Waals surface area contributed by atoms with E-state index in [-0.39, 0.29) is 0 Å². The second kappa shape index (κ2) is 9.66. The summed E-state index contributed by atoms with van der Waals surface area (Å²) < 4.78 is 5.41. The van der Waals surface area contributed by atoms with Gasteiger partial charge in [0.15, 0.2) is 0 Å². The van der Waals surface area contributed by atoms with Gasteiger partial charge in [-0.25, -0.2) is 0 Å². The zero-order chi connectivity index (χ0) is 14.1. The molecule has 6 nitrogen and oxygen atoms in total. The largest absolute Gasteiger partial charge is 0.394 e. The molecule has 5 N–H and O–H groups in total. The Kier molecular flexibility index (Phi) is 9.53. The molecule has 0 saturated heterocycles. The van der Waals surface area contributed by atoms with Gasteiger partial charge in [-0.05, 0) is 12.8 Å². The van der Waals surface area contributed by atoms with Gasteiger partial charge in [0.05, 0.1) is 12.7 Å². The molecule has 0 aliphatic rings. The molecule has 18 heavy (non-hydrogen) atoms. The van der Waals surface area contributed by atoms with Gasteiger partial charge in [0.25, 0.3) is 0 Å². The molecule has 0 radical (unpaired) electrons. The first kappa shape index (κ1) is 17.8. The number of aliphatic hydroxyl groups excluding tert-OH is 5. The van der Waals surface area contributed by atoms with E-state index in [1.54, 1.807) is 0 Å². The summed E-state index contributed by atoms with van der Waals surface area (Å²) in [6.45, 7) is 3.61. The monoisotopic (exact) mass is 266 g/mol. The lowest BCUT2D eigenvalue weighted by molar-refractivity contribution is -0.152. The second-order valence-electron chi connectivity index (χ2n) is 4.42. The third-order valence-electron chi connectivity index (χ3n) is 2.77. The van der Waals surface area contributed by atoms with Crippen LogP contribution in [0.5, 0.6) is 0 Å². The van der Waals surface area contributed by atoms with Crippen LogP contribution >= 0.6 is 0 Å². The van der Waals surface area contributed by atoms with Crippen molar-refractivity contribution in [1.82, 2.24) is 0 Å². The van der Waals surface area contributed by atoms with Crippen LogP contribution in [0.4, 0.5) is 0 Å². The third kappa shape index (κ3) is 5.60. The Morgan fingerprint density at radius 1 is 0.889 bits per heavy atom. The summed E-state index contributed by atoms with van der Waals surface area (Å²) in [5.74, 6) is 0. The van der Waals surface area contributed by atoms with Gasteiger partial charge in [-0.3, -0.25) is 0 Å². The van der Waals surface area contributed by atoms with Crippen LogP contribution < -0.4 is 0 Å². The van der Waals surface area contributed by atoms with E-state index in [9.17, 15) is 20.4 Å². The predicted molar refractivity (Wildman–Crippen MR) is 66.1 cm³/mol. The minimum atomic E-state index is -1.60. The zero-order valence-corrected chi connectivity index (χ0v) is 11.1. The van der Waals surface area contributed by atoms with Crippen molar-refractivity contribution in [3.8, 4) is 0 Å². The predicted octanol–water partition coefficient (Wildman–Crippen LogP) is -0.982. The minimum absolute atomic E-state index is 0.451. The standard InChI is InChI=1S/C12H26O6/c1-3-5-9(18-6-4-2)11(16)12(17)10(15)8(14)7-13/h8-17H,3-7H2,1-2H3/t8-,9?,10-,11+,12+/m1/s1. The summed E-state index contributed by atoms with van der Waals surface area (Å²) in [5, 5.41) is 47.1. The highest BCUT2D eigenvalue weighted by Crippen LogP contribution is 2.15. The lowest BCUT2D eigenvalue weighted by atomic mass is 9.97. The highest BCUT2D eigenvalue weighted by atomic mass is 16.5. The van der Waals surface area contributed by atoms with E-state index in [4.69, 9.17) is 9.84 Å². The Labute approximate surface area is 108 Å². The Hall–Kier alpha value is -0.240. The van der Waals surface area contributed by atoms with Gasteiger partial charge in [-0.15, -0.1) is 0 Å². The fraction of sp³-hybridized carbons (Fsp3) is 1.00. The van der Waals surface area contributed by atoms with Crippen molar-refractivity contribution in [2.75, 3.05) is 13.2 Å².